The molecule has 1 aliphatic rings. The minimum Gasteiger partial charge on any atom is -0.367 e. The standard InChI is InChI=1S/C16H18O2S/c1-2-18-16(9-3-4-10-16)15(17)13-7-5-6-12-8-11-19-14(12)13/h5-8,11H,2-4,9-10H2,1H3. The number of hydrogen-bond donors (Lipinski definition) is 0. The van der Waals surface area contributed by atoms with Gasteiger partial charge in [-0.15, -0.1) is 11.3 Å². The van der Waals surface area contributed by atoms with E-state index >= 15 is 0 Å². The van der Waals surface area contributed by atoms with Gasteiger partial charge in [-0.3, -0.25) is 4.79 Å². The number of ether oxygens (including phenoxy) is 1. The van der Waals surface area contributed by atoms with Crippen molar-refractivity contribution in [3.8, 4) is 0 Å². The third kappa shape index (κ3) is 2.11. The molecule has 1 aromatic heterocycles. The van der Waals surface area contributed by atoms with Gasteiger partial charge in [-0.1, -0.05) is 12.1 Å². The molecule has 3 heteroatoms. The smallest absolute Gasteiger partial charge is 0.196 e. The molecular formula is C16H18O2S. The second-order valence-corrected chi connectivity index (χ2v) is 6.02. The van der Waals surface area contributed by atoms with Gasteiger partial charge in [-0.2, -0.15) is 0 Å². The first kappa shape index (κ1) is 12.8. The van der Waals surface area contributed by atoms with Crippen molar-refractivity contribution in [1.29, 1.82) is 0 Å². The van der Waals surface area contributed by atoms with Gasteiger partial charge >= 0.3 is 0 Å². The predicted molar refractivity (Wildman–Crippen MR) is 79.0 cm³/mol. The van der Waals surface area contributed by atoms with Crippen LogP contribution in [0.1, 0.15) is 43.0 Å². The van der Waals surface area contributed by atoms with Gasteiger partial charge in [-0.25, -0.2) is 0 Å². The highest BCUT2D eigenvalue weighted by molar-refractivity contribution is 7.17. The molecule has 2 aromatic rings. The van der Waals surface area contributed by atoms with Crippen LogP contribution in [0.2, 0.25) is 0 Å². The van der Waals surface area contributed by atoms with Crippen LogP contribution < -0.4 is 0 Å². The normalized spacial score (nSPS) is 17.9. The third-order valence-electron chi connectivity index (χ3n) is 3.97. The Hall–Kier alpha value is -1.19. The molecule has 0 bridgehead atoms. The number of rotatable bonds is 4. The maximum atomic E-state index is 13.0. The fraction of sp³-hybridized carbons (Fsp3) is 0.438. The Labute approximate surface area is 117 Å². The Kier molecular flexibility index (Phi) is 3.42. The van der Waals surface area contributed by atoms with Crippen LogP contribution in [-0.4, -0.2) is 18.0 Å². The van der Waals surface area contributed by atoms with E-state index in [0.29, 0.717) is 6.61 Å². The van der Waals surface area contributed by atoms with Crippen LogP contribution >= 0.6 is 11.3 Å². The van der Waals surface area contributed by atoms with Gasteiger partial charge in [0, 0.05) is 16.9 Å². The SMILES string of the molecule is CCOC1(C(=O)c2cccc3ccsc23)CCCC1. The Morgan fingerprint density at radius 1 is 1.32 bits per heavy atom. The Balaban J connectivity index is 2.05. The summed E-state index contributed by atoms with van der Waals surface area (Å²) in [5, 5.41) is 3.20. The molecule has 0 spiro atoms. The van der Waals surface area contributed by atoms with E-state index in [9.17, 15) is 4.79 Å². The van der Waals surface area contributed by atoms with Crippen LogP contribution in [0.3, 0.4) is 0 Å². The van der Waals surface area contributed by atoms with E-state index in [4.69, 9.17) is 4.74 Å². The summed E-state index contributed by atoms with van der Waals surface area (Å²) in [5.74, 6) is 0.180. The van der Waals surface area contributed by atoms with Crippen LogP contribution in [0.5, 0.6) is 0 Å². The van der Waals surface area contributed by atoms with E-state index < -0.39 is 5.60 Å². The zero-order valence-corrected chi connectivity index (χ0v) is 12.0. The third-order valence-corrected chi connectivity index (χ3v) is 4.93. The maximum absolute atomic E-state index is 13.0. The molecule has 1 fully saturated rings. The molecule has 1 saturated carbocycles. The summed E-state index contributed by atoms with van der Waals surface area (Å²) in [7, 11) is 0. The van der Waals surface area contributed by atoms with Crippen LogP contribution in [0.4, 0.5) is 0 Å². The van der Waals surface area contributed by atoms with E-state index in [1.165, 1.54) is 0 Å². The van der Waals surface area contributed by atoms with Crippen molar-refractivity contribution in [3.63, 3.8) is 0 Å². The van der Waals surface area contributed by atoms with Crippen molar-refractivity contribution in [2.24, 2.45) is 0 Å². The number of Topliss-reactive ketones (excluding diaryl/α,β-unsaturated/α-hetero) is 1. The predicted octanol–water partition coefficient (Wildman–Crippen LogP) is 4.43. The molecule has 2 nitrogen and oxygen atoms in total. The molecule has 0 N–H and O–H groups in total. The molecule has 1 aliphatic carbocycles. The fourth-order valence-electron chi connectivity index (χ4n) is 3.08. The monoisotopic (exact) mass is 274 g/mol. The van der Waals surface area contributed by atoms with Crippen LogP contribution in [0.15, 0.2) is 29.6 Å². The Morgan fingerprint density at radius 3 is 2.84 bits per heavy atom. The van der Waals surface area contributed by atoms with E-state index in [1.807, 2.05) is 24.4 Å². The molecule has 0 saturated heterocycles. The van der Waals surface area contributed by atoms with Crippen molar-refractivity contribution < 1.29 is 9.53 Å². The summed E-state index contributed by atoms with van der Waals surface area (Å²) in [6.07, 6.45) is 3.90. The van der Waals surface area contributed by atoms with Crippen molar-refractivity contribution in [2.75, 3.05) is 6.61 Å². The molecule has 3 rings (SSSR count). The van der Waals surface area contributed by atoms with E-state index in [0.717, 1.165) is 41.3 Å². The number of fused-ring (bicyclic) bond motifs is 1. The Morgan fingerprint density at radius 2 is 2.11 bits per heavy atom. The van der Waals surface area contributed by atoms with E-state index in [1.54, 1.807) is 11.3 Å². The summed E-state index contributed by atoms with van der Waals surface area (Å²) in [6, 6.07) is 8.04. The highest BCUT2D eigenvalue weighted by atomic mass is 32.1. The second-order valence-electron chi connectivity index (χ2n) is 5.11. The van der Waals surface area contributed by atoms with Crippen LogP contribution in [0, 0.1) is 0 Å². The molecule has 0 aliphatic heterocycles. The highest BCUT2D eigenvalue weighted by Crippen LogP contribution is 2.38. The van der Waals surface area contributed by atoms with Crippen molar-refractivity contribution >= 4 is 27.2 Å². The lowest BCUT2D eigenvalue weighted by Gasteiger charge is -2.27. The first-order valence-corrected chi connectivity index (χ1v) is 7.80. The first-order chi connectivity index (χ1) is 9.27. The van der Waals surface area contributed by atoms with Gasteiger partial charge < -0.3 is 4.74 Å². The van der Waals surface area contributed by atoms with E-state index in [-0.39, 0.29) is 5.78 Å². The summed E-state index contributed by atoms with van der Waals surface area (Å²) in [6.45, 7) is 2.57. The first-order valence-electron chi connectivity index (χ1n) is 6.92. The fourth-order valence-corrected chi connectivity index (χ4v) is 3.99. The summed E-state index contributed by atoms with van der Waals surface area (Å²) < 4.78 is 6.98. The topological polar surface area (TPSA) is 26.3 Å². The molecule has 0 atom stereocenters. The van der Waals surface area contributed by atoms with Crippen molar-refractivity contribution in [2.45, 2.75) is 38.2 Å². The minimum atomic E-state index is -0.562. The van der Waals surface area contributed by atoms with Crippen LogP contribution in [0.25, 0.3) is 10.1 Å². The van der Waals surface area contributed by atoms with Crippen molar-refractivity contribution in [1.82, 2.24) is 0 Å². The van der Waals surface area contributed by atoms with E-state index in [2.05, 4.69) is 12.1 Å². The summed E-state index contributed by atoms with van der Waals surface area (Å²) in [4.78, 5) is 13.0. The molecule has 1 heterocycles. The number of carbonyl (C=O) groups excluding carboxylic acids is 1. The molecule has 0 amide bonds. The lowest BCUT2D eigenvalue weighted by Crippen LogP contribution is -2.39. The average molecular weight is 274 g/mol. The number of carbonyl (C=O) groups is 1. The molecule has 19 heavy (non-hydrogen) atoms. The van der Waals surface area contributed by atoms with Gasteiger partial charge in [-0.05, 0) is 55.5 Å². The molecule has 100 valence electrons. The summed E-state index contributed by atoms with van der Waals surface area (Å²) >= 11 is 1.64. The van der Waals surface area contributed by atoms with Gasteiger partial charge in [0.1, 0.15) is 5.60 Å². The average Bonchev–Trinajstić information content (AvgIpc) is 3.06. The molecular weight excluding hydrogens is 256 g/mol. The molecule has 1 aromatic carbocycles. The second kappa shape index (κ2) is 5.06. The number of ketones is 1. The van der Waals surface area contributed by atoms with Gasteiger partial charge in [0.2, 0.25) is 0 Å². The largest absolute Gasteiger partial charge is 0.367 e. The quantitative estimate of drug-likeness (QED) is 0.771. The zero-order valence-electron chi connectivity index (χ0n) is 11.1. The van der Waals surface area contributed by atoms with Crippen LogP contribution in [-0.2, 0) is 4.74 Å². The highest BCUT2D eigenvalue weighted by Gasteiger charge is 2.42. The molecule has 0 unspecified atom stereocenters. The summed E-state index contributed by atoms with van der Waals surface area (Å²) in [5.41, 5.74) is 0.273. The zero-order chi connectivity index (χ0) is 13.3. The van der Waals surface area contributed by atoms with Gasteiger partial charge in [0.25, 0.3) is 0 Å². The van der Waals surface area contributed by atoms with Gasteiger partial charge in [0.15, 0.2) is 5.78 Å². The lowest BCUT2D eigenvalue weighted by atomic mass is 9.90. The minimum absolute atomic E-state index is 0.180. The number of benzene rings is 1. The Bertz CT molecular complexity index is 594. The van der Waals surface area contributed by atoms with Crippen molar-refractivity contribution in [3.05, 3.63) is 35.2 Å². The van der Waals surface area contributed by atoms with Gasteiger partial charge in [0.05, 0.1) is 0 Å². The maximum Gasteiger partial charge on any atom is 0.196 e. The lowest BCUT2D eigenvalue weighted by molar-refractivity contribution is -0.0162. The molecule has 0 radical (unpaired) electrons. The number of thiophene rings is 1. The number of hydrogen-bond acceptors (Lipinski definition) is 3.